The van der Waals surface area contributed by atoms with Gasteiger partial charge in [-0.05, 0) is 20.3 Å². The van der Waals surface area contributed by atoms with Gasteiger partial charge in [-0.3, -0.25) is 9.59 Å². The zero-order valence-electron chi connectivity index (χ0n) is 17.8. The summed E-state index contributed by atoms with van der Waals surface area (Å²) in [6, 6.07) is 0. The third-order valence-electron chi connectivity index (χ3n) is 4.25. The van der Waals surface area contributed by atoms with E-state index < -0.39 is 0 Å². The lowest BCUT2D eigenvalue weighted by molar-refractivity contribution is -0.133. The molecule has 148 valence electrons. The maximum Gasteiger partial charge on any atom is 0.222 e. The zero-order chi connectivity index (χ0) is 19.7. The normalized spacial score (nSPS) is 12.2. The Balaban J connectivity index is 4.52. The molecule has 0 rings (SSSR count). The Morgan fingerprint density at radius 3 is 1.64 bits per heavy atom. The molecule has 0 fully saturated rings. The number of nitrogens with zero attached hydrogens (tertiary/aromatic N) is 2. The molecule has 0 atom stereocenters. The van der Waals surface area contributed by atoms with Gasteiger partial charge in [0.15, 0.2) is 0 Å². The predicted molar refractivity (Wildman–Crippen MR) is 103 cm³/mol. The van der Waals surface area contributed by atoms with E-state index >= 15 is 0 Å². The van der Waals surface area contributed by atoms with E-state index in [1.165, 1.54) is 0 Å². The summed E-state index contributed by atoms with van der Waals surface area (Å²) in [5, 5.41) is 0. The number of carbonyl (C=O) groups is 2. The van der Waals surface area contributed by atoms with Gasteiger partial charge in [-0.1, -0.05) is 34.6 Å². The van der Waals surface area contributed by atoms with Gasteiger partial charge >= 0.3 is 0 Å². The largest absolute Gasteiger partial charge is 0.380 e. The molecule has 0 saturated heterocycles. The average Bonchev–Trinajstić information content (AvgIpc) is 2.49. The topological polar surface area (TPSA) is 49.9 Å². The predicted octanol–water partition coefficient (Wildman–Crippen LogP) is 3.57. The van der Waals surface area contributed by atoms with Crippen molar-refractivity contribution < 1.29 is 14.3 Å². The van der Waals surface area contributed by atoms with Crippen LogP contribution in [0, 0.1) is 10.8 Å². The average molecular weight is 357 g/mol. The smallest absolute Gasteiger partial charge is 0.222 e. The molecule has 0 saturated carbocycles. The summed E-state index contributed by atoms with van der Waals surface area (Å²) < 4.78 is 6.00. The van der Waals surface area contributed by atoms with Crippen molar-refractivity contribution in [3.05, 3.63) is 0 Å². The van der Waals surface area contributed by atoms with Gasteiger partial charge in [0, 0.05) is 50.4 Å². The van der Waals surface area contributed by atoms with Crippen LogP contribution in [-0.4, -0.2) is 61.0 Å². The van der Waals surface area contributed by atoms with E-state index in [0.29, 0.717) is 32.7 Å². The van der Waals surface area contributed by atoms with Crippen LogP contribution in [0.25, 0.3) is 0 Å². The zero-order valence-corrected chi connectivity index (χ0v) is 17.8. The molecular formula is C20H40N2O3. The fourth-order valence-corrected chi connectivity index (χ4v) is 2.92. The first kappa shape index (κ1) is 23.9. The summed E-state index contributed by atoms with van der Waals surface area (Å²) in [4.78, 5) is 27.5. The van der Waals surface area contributed by atoms with Crippen LogP contribution in [0.4, 0.5) is 0 Å². The summed E-state index contributed by atoms with van der Waals surface area (Å²) in [5.74, 6) is 0.322. The fourth-order valence-electron chi connectivity index (χ4n) is 2.92. The number of carbonyl (C=O) groups excluding carboxylic acids is 2. The number of rotatable bonds is 12. The lowest BCUT2D eigenvalue weighted by atomic mass is 9.92. The van der Waals surface area contributed by atoms with E-state index in [0.717, 1.165) is 19.5 Å². The third kappa shape index (κ3) is 9.83. The van der Waals surface area contributed by atoms with Crippen molar-refractivity contribution in [2.24, 2.45) is 10.8 Å². The molecule has 2 amide bonds. The summed E-state index contributed by atoms with van der Waals surface area (Å²) in [6.07, 6.45) is 1.49. The molecule has 0 radical (unpaired) electrons. The second-order valence-electron chi connectivity index (χ2n) is 8.51. The van der Waals surface area contributed by atoms with Crippen molar-refractivity contribution in [1.82, 2.24) is 9.80 Å². The van der Waals surface area contributed by atoms with Crippen LogP contribution in [-0.2, 0) is 14.3 Å². The Morgan fingerprint density at radius 1 is 0.840 bits per heavy atom. The molecule has 0 bridgehead atoms. The molecule has 0 heterocycles. The van der Waals surface area contributed by atoms with Crippen LogP contribution in [0.15, 0.2) is 0 Å². The minimum absolute atomic E-state index is 0.0967. The van der Waals surface area contributed by atoms with Crippen LogP contribution < -0.4 is 0 Å². The van der Waals surface area contributed by atoms with Crippen molar-refractivity contribution in [2.45, 2.75) is 68.2 Å². The molecule has 0 spiro atoms. The number of hydrogen-bond donors (Lipinski definition) is 0. The van der Waals surface area contributed by atoms with E-state index in [9.17, 15) is 9.59 Å². The first-order valence-corrected chi connectivity index (χ1v) is 9.59. The lowest BCUT2D eigenvalue weighted by Crippen LogP contribution is -2.42. The highest BCUT2D eigenvalue weighted by atomic mass is 16.5. The van der Waals surface area contributed by atoms with Gasteiger partial charge in [0.1, 0.15) is 0 Å². The molecule has 0 aromatic heterocycles. The highest BCUT2D eigenvalue weighted by Gasteiger charge is 2.27. The van der Waals surface area contributed by atoms with Gasteiger partial charge < -0.3 is 14.5 Å². The number of amides is 2. The standard InChI is InChI=1S/C20H40N2O3/c1-9-12-18(24)22(11-3)14-20(7,8)16-25-15-19(5,6)13-21(10-2)17(4)23/h9-16H2,1-8H3. The van der Waals surface area contributed by atoms with Crippen LogP contribution in [0.3, 0.4) is 0 Å². The fraction of sp³-hybridized carbons (Fsp3) is 0.900. The number of hydrogen-bond acceptors (Lipinski definition) is 3. The van der Waals surface area contributed by atoms with E-state index in [1.807, 2.05) is 30.6 Å². The Kier molecular flexibility index (Phi) is 10.3. The molecule has 0 aliphatic carbocycles. The monoisotopic (exact) mass is 356 g/mol. The lowest BCUT2D eigenvalue weighted by Gasteiger charge is -2.35. The molecule has 25 heavy (non-hydrogen) atoms. The van der Waals surface area contributed by atoms with Gasteiger partial charge in [-0.2, -0.15) is 0 Å². The van der Waals surface area contributed by atoms with Crippen molar-refractivity contribution in [1.29, 1.82) is 0 Å². The van der Waals surface area contributed by atoms with E-state index in [2.05, 4.69) is 27.7 Å². The molecule has 0 aliphatic rings. The molecule has 0 N–H and O–H groups in total. The summed E-state index contributed by atoms with van der Waals surface area (Å²) in [6.45, 7) is 20.2. The summed E-state index contributed by atoms with van der Waals surface area (Å²) in [5.41, 5.74) is -0.194. The van der Waals surface area contributed by atoms with Gasteiger partial charge in [-0.15, -0.1) is 0 Å². The van der Waals surface area contributed by atoms with E-state index in [-0.39, 0.29) is 22.6 Å². The highest BCUT2D eigenvalue weighted by molar-refractivity contribution is 5.76. The van der Waals surface area contributed by atoms with E-state index in [4.69, 9.17) is 4.74 Å². The Labute approximate surface area is 155 Å². The Bertz CT molecular complexity index is 419. The van der Waals surface area contributed by atoms with Gasteiger partial charge in [0.2, 0.25) is 11.8 Å². The second kappa shape index (κ2) is 10.8. The van der Waals surface area contributed by atoms with E-state index in [1.54, 1.807) is 6.92 Å². The summed E-state index contributed by atoms with van der Waals surface area (Å²) in [7, 11) is 0. The molecule has 5 heteroatoms. The SMILES string of the molecule is CCCC(=O)N(CC)CC(C)(C)COCC(C)(C)CN(CC)C(C)=O. The highest BCUT2D eigenvalue weighted by Crippen LogP contribution is 2.22. The molecule has 5 nitrogen and oxygen atoms in total. The first-order chi connectivity index (χ1) is 11.5. The van der Waals surface area contributed by atoms with Gasteiger partial charge in [0.25, 0.3) is 0 Å². The molecule has 0 aliphatic heterocycles. The second-order valence-corrected chi connectivity index (χ2v) is 8.51. The van der Waals surface area contributed by atoms with Crippen LogP contribution in [0.5, 0.6) is 0 Å². The van der Waals surface area contributed by atoms with Crippen LogP contribution in [0.1, 0.15) is 68.2 Å². The maximum atomic E-state index is 12.2. The molecule has 0 aromatic carbocycles. The van der Waals surface area contributed by atoms with Gasteiger partial charge in [-0.25, -0.2) is 0 Å². The van der Waals surface area contributed by atoms with Crippen molar-refractivity contribution >= 4 is 11.8 Å². The van der Waals surface area contributed by atoms with Crippen LogP contribution in [0.2, 0.25) is 0 Å². The minimum atomic E-state index is -0.0970. The Hall–Kier alpha value is -1.10. The minimum Gasteiger partial charge on any atom is -0.380 e. The molecular weight excluding hydrogens is 316 g/mol. The van der Waals surface area contributed by atoms with Crippen molar-refractivity contribution in [2.75, 3.05) is 39.4 Å². The van der Waals surface area contributed by atoms with Crippen molar-refractivity contribution in [3.63, 3.8) is 0 Å². The maximum absolute atomic E-state index is 12.2. The van der Waals surface area contributed by atoms with Crippen LogP contribution >= 0.6 is 0 Å². The van der Waals surface area contributed by atoms with Gasteiger partial charge in [0.05, 0.1) is 13.2 Å². The molecule has 0 unspecified atom stereocenters. The molecule has 0 aromatic rings. The Morgan fingerprint density at radius 2 is 1.28 bits per heavy atom. The third-order valence-corrected chi connectivity index (χ3v) is 4.25. The first-order valence-electron chi connectivity index (χ1n) is 9.59. The number of ether oxygens (including phenoxy) is 1. The summed E-state index contributed by atoms with van der Waals surface area (Å²) >= 11 is 0. The quantitative estimate of drug-likeness (QED) is 0.537. The van der Waals surface area contributed by atoms with Crippen molar-refractivity contribution in [3.8, 4) is 0 Å².